The molecule has 1 atom stereocenters. The monoisotopic (exact) mass is 367 g/mol. The lowest BCUT2D eigenvalue weighted by Crippen LogP contribution is -2.58. The van der Waals surface area contributed by atoms with E-state index in [-0.39, 0.29) is 5.11 Å². The second-order valence-corrected chi connectivity index (χ2v) is 6.12. The molecular weight excluding hydrogens is 350 g/mol. The summed E-state index contributed by atoms with van der Waals surface area (Å²) in [5.74, 6) is -1.46. The number of anilines is 1. The summed E-state index contributed by atoms with van der Waals surface area (Å²) >= 11 is 5.17. The maximum absolute atomic E-state index is 12.9. The summed E-state index contributed by atoms with van der Waals surface area (Å²) in [6, 6.07) is 14.4. The lowest BCUT2D eigenvalue weighted by molar-refractivity contribution is -0.130. The van der Waals surface area contributed by atoms with E-state index in [0.29, 0.717) is 17.1 Å². The average Bonchev–Trinajstić information content (AvgIpc) is 2.63. The first-order valence-electron chi connectivity index (χ1n) is 7.94. The van der Waals surface area contributed by atoms with E-state index in [4.69, 9.17) is 17.0 Å². The molecule has 0 saturated carbocycles. The zero-order chi connectivity index (χ0) is 18.7. The van der Waals surface area contributed by atoms with E-state index < -0.39 is 17.7 Å². The van der Waals surface area contributed by atoms with E-state index in [9.17, 15) is 9.59 Å². The fourth-order valence-electron chi connectivity index (χ4n) is 2.55. The second-order valence-electron chi connectivity index (χ2n) is 5.73. The highest BCUT2D eigenvalue weighted by atomic mass is 32.1. The maximum Gasteiger partial charge on any atom is 0.251 e. The first-order valence-corrected chi connectivity index (χ1v) is 8.35. The van der Waals surface area contributed by atoms with E-state index in [2.05, 4.69) is 10.3 Å². The van der Waals surface area contributed by atoms with Gasteiger partial charge in [0.2, 0.25) is 5.91 Å². The summed E-state index contributed by atoms with van der Waals surface area (Å²) in [5, 5.41) is 2.62. The first kappa shape index (κ1) is 17.8. The van der Waals surface area contributed by atoms with Crippen molar-refractivity contribution < 1.29 is 14.3 Å². The normalized spacial score (nSPS) is 17.5. The molecule has 132 valence electrons. The van der Waals surface area contributed by atoms with Crippen LogP contribution >= 0.6 is 12.2 Å². The number of para-hydroxylation sites is 2. The molecule has 1 N–H and O–H groups in total. The fourth-order valence-corrected chi connectivity index (χ4v) is 2.85. The molecule has 6 nitrogen and oxygen atoms in total. The van der Waals surface area contributed by atoms with Crippen LogP contribution in [-0.2, 0) is 9.59 Å². The zero-order valence-electron chi connectivity index (χ0n) is 14.3. The van der Waals surface area contributed by atoms with Crippen molar-refractivity contribution >= 4 is 46.7 Å². The van der Waals surface area contributed by atoms with Crippen LogP contribution in [0, 0.1) is 12.8 Å². The number of nitrogens with zero attached hydrogens (tertiary/aromatic N) is 2. The van der Waals surface area contributed by atoms with Gasteiger partial charge in [0, 0.05) is 6.21 Å². The molecule has 0 bridgehead atoms. The van der Waals surface area contributed by atoms with Gasteiger partial charge in [0.25, 0.3) is 5.91 Å². The van der Waals surface area contributed by atoms with Crippen LogP contribution < -0.4 is 15.0 Å². The van der Waals surface area contributed by atoms with Gasteiger partial charge >= 0.3 is 0 Å². The first-order chi connectivity index (χ1) is 12.5. The molecule has 0 radical (unpaired) electrons. The van der Waals surface area contributed by atoms with Crippen molar-refractivity contribution in [1.82, 2.24) is 5.32 Å². The number of hydrogen-bond acceptors (Lipinski definition) is 5. The van der Waals surface area contributed by atoms with Crippen LogP contribution in [0.2, 0.25) is 0 Å². The quantitative estimate of drug-likeness (QED) is 0.512. The van der Waals surface area contributed by atoms with Crippen molar-refractivity contribution in [1.29, 1.82) is 0 Å². The molecule has 0 aromatic heterocycles. The molecule has 1 aliphatic rings. The number of aliphatic imine (C=N–C) groups is 1. The summed E-state index contributed by atoms with van der Waals surface area (Å²) in [7, 11) is 1.53. The van der Waals surface area contributed by atoms with E-state index in [1.165, 1.54) is 18.2 Å². The molecule has 1 saturated heterocycles. The van der Waals surface area contributed by atoms with Gasteiger partial charge in [0.15, 0.2) is 11.0 Å². The predicted molar refractivity (Wildman–Crippen MR) is 104 cm³/mol. The van der Waals surface area contributed by atoms with Crippen LogP contribution in [0.25, 0.3) is 0 Å². The van der Waals surface area contributed by atoms with E-state index in [0.717, 1.165) is 5.56 Å². The highest BCUT2D eigenvalue weighted by Crippen LogP contribution is 2.27. The van der Waals surface area contributed by atoms with Crippen molar-refractivity contribution in [3.8, 4) is 5.75 Å². The maximum atomic E-state index is 12.9. The largest absolute Gasteiger partial charge is 0.494 e. The van der Waals surface area contributed by atoms with Crippen LogP contribution in [-0.4, -0.2) is 30.3 Å². The Morgan fingerprint density at radius 2 is 1.85 bits per heavy atom. The summed E-state index contributed by atoms with van der Waals surface area (Å²) in [6.07, 6.45) is 1.32. The molecule has 1 aliphatic heterocycles. The summed E-state index contributed by atoms with van der Waals surface area (Å²) in [5.41, 5.74) is 2.19. The minimum Gasteiger partial charge on any atom is -0.494 e. The Hall–Kier alpha value is -3.06. The van der Waals surface area contributed by atoms with E-state index >= 15 is 0 Å². The number of aryl methyl sites for hydroxylation is 1. The summed E-state index contributed by atoms with van der Waals surface area (Å²) < 4.78 is 5.23. The lowest BCUT2D eigenvalue weighted by atomic mass is 10.1. The number of amides is 2. The van der Waals surface area contributed by atoms with E-state index in [1.54, 1.807) is 30.3 Å². The van der Waals surface area contributed by atoms with Gasteiger partial charge in [-0.1, -0.05) is 29.8 Å². The molecule has 0 aliphatic carbocycles. The van der Waals surface area contributed by atoms with Gasteiger partial charge in [-0.25, -0.2) is 0 Å². The summed E-state index contributed by atoms with van der Waals surface area (Å²) in [4.78, 5) is 30.7. The number of nitrogens with one attached hydrogen (secondary N) is 1. The molecule has 0 spiro atoms. The number of ether oxygens (including phenoxy) is 1. The number of carbonyl (C=O) groups is 2. The van der Waals surface area contributed by atoms with Gasteiger partial charge in [0.05, 0.1) is 12.8 Å². The Labute approximate surface area is 156 Å². The smallest absolute Gasteiger partial charge is 0.251 e. The SMILES string of the molecule is COc1ccccc1N=C[C@@H]1C(=O)NC(=S)N(c2ccc(C)cc2)C1=O. The van der Waals surface area contributed by atoms with Gasteiger partial charge in [-0.2, -0.15) is 0 Å². The van der Waals surface area contributed by atoms with Gasteiger partial charge in [-0.15, -0.1) is 0 Å². The molecule has 0 unspecified atom stereocenters. The second kappa shape index (κ2) is 7.45. The zero-order valence-corrected chi connectivity index (χ0v) is 15.1. The number of rotatable bonds is 4. The Morgan fingerprint density at radius 1 is 1.15 bits per heavy atom. The van der Waals surface area contributed by atoms with Gasteiger partial charge in [0.1, 0.15) is 11.4 Å². The van der Waals surface area contributed by atoms with Crippen molar-refractivity contribution in [2.75, 3.05) is 12.0 Å². The van der Waals surface area contributed by atoms with Crippen LogP contribution in [0.15, 0.2) is 53.5 Å². The molecule has 3 rings (SSSR count). The Balaban J connectivity index is 1.90. The molecule has 26 heavy (non-hydrogen) atoms. The van der Waals surface area contributed by atoms with Gasteiger partial charge in [-0.05, 0) is 43.4 Å². The summed E-state index contributed by atoms with van der Waals surface area (Å²) in [6.45, 7) is 1.95. The topological polar surface area (TPSA) is 71.0 Å². The molecule has 1 heterocycles. The minimum atomic E-state index is -1.08. The third kappa shape index (κ3) is 3.48. The van der Waals surface area contributed by atoms with Crippen molar-refractivity contribution in [3.63, 3.8) is 0 Å². The minimum absolute atomic E-state index is 0.0609. The van der Waals surface area contributed by atoms with Crippen molar-refractivity contribution in [2.45, 2.75) is 6.92 Å². The van der Waals surface area contributed by atoms with Crippen LogP contribution in [0.5, 0.6) is 5.75 Å². The molecular formula is C19H17N3O3S. The Kier molecular flexibility index (Phi) is 5.09. The van der Waals surface area contributed by atoms with Crippen molar-refractivity contribution in [2.24, 2.45) is 10.9 Å². The molecule has 7 heteroatoms. The highest BCUT2D eigenvalue weighted by molar-refractivity contribution is 7.80. The van der Waals surface area contributed by atoms with Crippen LogP contribution in [0.1, 0.15) is 5.56 Å². The molecule has 1 fully saturated rings. The van der Waals surface area contributed by atoms with Crippen molar-refractivity contribution in [3.05, 3.63) is 54.1 Å². The average molecular weight is 367 g/mol. The van der Waals surface area contributed by atoms with Gasteiger partial charge in [-0.3, -0.25) is 19.5 Å². The standard InChI is InChI=1S/C19H17N3O3S/c1-12-7-9-13(10-8-12)22-18(24)14(17(23)21-19(22)26)11-20-15-5-3-4-6-16(15)25-2/h3-11,14H,1-2H3,(H,21,23,26)/t14-/m1/s1. The Morgan fingerprint density at radius 3 is 2.54 bits per heavy atom. The van der Waals surface area contributed by atoms with Gasteiger partial charge < -0.3 is 10.1 Å². The number of methoxy groups -OCH3 is 1. The van der Waals surface area contributed by atoms with E-state index in [1.807, 2.05) is 25.1 Å². The lowest BCUT2D eigenvalue weighted by Gasteiger charge is -2.31. The number of benzene rings is 2. The molecule has 2 aromatic carbocycles. The predicted octanol–water partition coefficient (Wildman–Crippen LogP) is 2.77. The van der Waals surface area contributed by atoms with Crippen LogP contribution in [0.3, 0.4) is 0 Å². The molecule has 2 aromatic rings. The molecule has 2 amide bonds. The number of carbonyl (C=O) groups excluding carboxylic acids is 2. The third-order valence-electron chi connectivity index (χ3n) is 3.94. The number of hydrogen-bond donors (Lipinski definition) is 1. The van der Waals surface area contributed by atoms with Crippen LogP contribution in [0.4, 0.5) is 11.4 Å². The highest BCUT2D eigenvalue weighted by Gasteiger charge is 2.38. The Bertz CT molecular complexity index is 893. The fraction of sp³-hybridized carbons (Fsp3) is 0.158. The number of thiocarbonyl (C=S) groups is 1. The third-order valence-corrected chi connectivity index (χ3v) is 4.23.